The van der Waals surface area contributed by atoms with E-state index in [0.29, 0.717) is 0 Å². The zero-order valence-electron chi connectivity index (χ0n) is 12.9. The van der Waals surface area contributed by atoms with E-state index in [2.05, 4.69) is 13.8 Å². The minimum absolute atomic E-state index is 0.446. The summed E-state index contributed by atoms with van der Waals surface area (Å²) in [5.74, 6) is 0. The lowest BCUT2D eigenvalue weighted by Gasteiger charge is -2.37. The maximum absolute atomic E-state index is 6.30. The highest BCUT2D eigenvalue weighted by atomic mass is 35.6. The number of hydrogen-bond donors (Lipinski definition) is 0. The molecule has 2 aromatic carbocycles. The van der Waals surface area contributed by atoms with E-state index in [0.717, 1.165) is 11.4 Å². The minimum atomic E-state index is -1.47. The van der Waals surface area contributed by atoms with Gasteiger partial charge in [0.05, 0.1) is 0 Å². The predicted octanol–water partition coefficient (Wildman–Crippen LogP) is 5.80. The van der Waals surface area contributed by atoms with Crippen LogP contribution in [0.25, 0.3) is 0 Å². The van der Waals surface area contributed by atoms with Crippen LogP contribution < -0.4 is 9.80 Å². The summed E-state index contributed by atoms with van der Waals surface area (Å²) in [5.41, 5.74) is 4.35. The van der Waals surface area contributed by atoms with Crippen LogP contribution in [0.2, 0.25) is 0 Å². The number of aryl methyl sites for hydroxylation is 2. The third-order valence-electron chi connectivity index (χ3n) is 3.87. The fourth-order valence-corrected chi connectivity index (χ4v) is 3.28. The second-order valence-electron chi connectivity index (χ2n) is 5.70. The predicted molar refractivity (Wildman–Crippen MR) is 101 cm³/mol. The number of rotatable bonds is 2. The van der Waals surface area contributed by atoms with Crippen LogP contribution in [0.1, 0.15) is 11.1 Å². The Labute approximate surface area is 151 Å². The molecular weight excluding hydrogens is 351 g/mol. The van der Waals surface area contributed by atoms with Crippen molar-refractivity contribution >= 4 is 46.2 Å². The normalized spacial score (nSPS) is 15.5. The quantitative estimate of drug-likeness (QED) is 0.619. The summed E-state index contributed by atoms with van der Waals surface area (Å²) < 4.78 is -1.47. The fourth-order valence-electron chi connectivity index (χ4n) is 2.64. The topological polar surface area (TPSA) is 6.48 Å². The van der Waals surface area contributed by atoms with Gasteiger partial charge in [0.15, 0.2) is 6.17 Å². The highest BCUT2D eigenvalue weighted by Gasteiger charge is 2.43. The first-order valence-corrected chi connectivity index (χ1v) is 8.45. The van der Waals surface area contributed by atoms with Gasteiger partial charge in [0.1, 0.15) is 0 Å². The molecule has 0 fully saturated rings. The molecule has 1 aliphatic heterocycles. The Morgan fingerprint density at radius 1 is 0.696 bits per heavy atom. The Bertz CT molecular complexity index is 647. The summed E-state index contributed by atoms with van der Waals surface area (Å²) in [5, 5.41) is 0. The second-order valence-corrected chi connectivity index (χ2v) is 8.07. The molecule has 0 saturated heterocycles. The maximum atomic E-state index is 6.30. The first-order chi connectivity index (χ1) is 10.9. The zero-order chi connectivity index (χ0) is 16.6. The molecule has 0 aliphatic carbocycles. The van der Waals surface area contributed by atoms with Gasteiger partial charge in [-0.1, -0.05) is 70.2 Å². The Morgan fingerprint density at radius 2 is 1.04 bits per heavy atom. The van der Waals surface area contributed by atoms with E-state index in [4.69, 9.17) is 34.8 Å². The van der Waals surface area contributed by atoms with Gasteiger partial charge in [-0.3, -0.25) is 0 Å². The molecule has 23 heavy (non-hydrogen) atoms. The van der Waals surface area contributed by atoms with Gasteiger partial charge in [-0.2, -0.15) is 0 Å². The van der Waals surface area contributed by atoms with Gasteiger partial charge < -0.3 is 9.80 Å². The molecule has 0 atom stereocenters. The van der Waals surface area contributed by atoms with Crippen LogP contribution in [-0.2, 0) is 0 Å². The monoisotopic (exact) mass is 366 g/mol. The maximum Gasteiger partial charge on any atom is 0.229 e. The van der Waals surface area contributed by atoms with Crippen LogP contribution >= 0.6 is 34.8 Å². The van der Waals surface area contributed by atoms with E-state index in [9.17, 15) is 0 Å². The van der Waals surface area contributed by atoms with E-state index in [-0.39, 0.29) is 0 Å². The van der Waals surface area contributed by atoms with Gasteiger partial charge in [-0.25, -0.2) is 0 Å². The van der Waals surface area contributed by atoms with Gasteiger partial charge >= 0.3 is 0 Å². The SMILES string of the molecule is Cc1ccc(N2C=CN(c3ccc(C)cc3)C2C(Cl)(Cl)Cl)cc1. The number of benzene rings is 2. The average molecular weight is 368 g/mol. The lowest BCUT2D eigenvalue weighted by Crippen LogP contribution is -2.48. The summed E-state index contributed by atoms with van der Waals surface area (Å²) in [7, 11) is 0. The van der Waals surface area contributed by atoms with Crippen molar-refractivity contribution in [3.8, 4) is 0 Å². The molecular formula is C18H17Cl3N2. The van der Waals surface area contributed by atoms with Crippen molar-refractivity contribution in [2.24, 2.45) is 0 Å². The van der Waals surface area contributed by atoms with Crippen LogP contribution in [0.5, 0.6) is 0 Å². The Morgan fingerprint density at radius 3 is 1.35 bits per heavy atom. The van der Waals surface area contributed by atoms with Crippen molar-refractivity contribution in [1.82, 2.24) is 0 Å². The molecule has 0 spiro atoms. The van der Waals surface area contributed by atoms with Crippen molar-refractivity contribution in [2.45, 2.75) is 23.8 Å². The molecule has 3 rings (SSSR count). The van der Waals surface area contributed by atoms with Gasteiger partial charge in [-0.15, -0.1) is 0 Å². The van der Waals surface area contributed by atoms with Crippen molar-refractivity contribution in [1.29, 1.82) is 0 Å². The fraction of sp³-hybridized carbons (Fsp3) is 0.222. The van der Waals surface area contributed by atoms with Crippen LogP contribution in [0.15, 0.2) is 60.9 Å². The van der Waals surface area contributed by atoms with E-state index in [1.54, 1.807) is 0 Å². The van der Waals surface area contributed by atoms with E-state index < -0.39 is 9.96 Å². The van der Waals surface area contributed by atoms with Crippen molar-refractivity contribution in [2.75, 3.05) is 9.80 Å². The third kappa shape index (κ3) is 3.45. The number of alkyl halides is 3. The van der Waals surface area contributed by atoms with E-state index >= 15 is 0 Å². The van der Waals surface area contributed by atoms with Crippen LogP contribution in [0, 0.1) is 13.8 Å². The molecule has 1 aliphatic rings. The van der Waals surface area contributed by atoms with Gasteiger partial charge in [-0.05, 0) is 38.1 Å². The highest BCUT2D eigenvalue weighted by Crippen LogP contribution is 2.42. The molecule has 0 aromatic heterocycles. The van der Waals surface area contributed by atoms with Crippen molar-refractivity contribution < 1.29 is 0 Å². The smallest absolute Gasteiger partial charge is 0.229 e. The average Bonchev–Trinajstić information content (AvgIpc) is 2.94. The summed E-state index contributed by atoms with van der Waals surface area (Å²) >= 11 is 18.9. The highest BCUT2D eigenvalue weighted by molar-refractivity contribution is 6.68. The van der Waals surface area contributed by atoms with Gasteiger partial charge in [0.25, 0.3) is 0 Å². The summed E-state index contributed by atoms with van der Waals surface area (Å²) in [6.45, 7) is 4.10. The minimum Gasteiger partial charge on any atom is -0.321 e. The summed E-state index contributed by atoms with van der Waals surface area (Å²) in [6.07, 6.45) is 3.44. The lowest BCUT2D eigenvalue weighted by atomic mass is 10.2. The molecule has 5 heteroatoms. The molecule has 1 heterocycles. The third-order valence-corrected chi connectivity index (χ3v) is 4.46. The number of anilines is 2. The Kier molecular flexibility index (Phi) is 4.50. The number of halogens is 3. The van der Waals surface area contributed by atoms with Crippen LogP contribution in [-0.4, -0.2) is 9.96 Å². The molecule has 2 nitrogen and oxygen atoms in total. The molecule has 0 amide bonds. The van der Waals surface area contributed by atoms with Gasteiger partial charge in [0.2, 0.25) is 3.79 Å². The van der Waals surface area contributed by atoms with Crippen molar-refractivity contribution in [3.63, 3.8) is 0 Å². The van der Waals surface area contributed by atoms with Crippen LogP contribution in [0.4, 0.5) is 11.4 Å². The largest absolute Gasteiger partial charge is 0.321 e. The molecule has 0 bridgehead atoms. The molecule has 2 aromatic rings. The van der Waals surface area contributed by atoms with Crippen molar-refractivity contribution in [3.05, 3.63) is 72.1 Å². The molecule has 0 radical (unpaired) electrons. The lowest BCUT2D eigenvalue weighted by molar-refractivity contribution is 0.696. The standard InChI is InChI=1S/C18H17Cl3N2/c1-13-3-7-15(8-4-13)22-11-12-23(17(22)18(19,20)21)16-9-5-14(2)6-10-16/h3-12,17H,1-2H3. The zero-order valence-corrected chi connectivity index (χ0v) is 15.1. The molecule has 0 N–H and O–H groups in total. The summed E-state index contributed by atoms with van der Waals surface area (Å²) in [6, 6.07) is 16.3. The number of nitrogens with zero attached hydrogens (tertiary/aromatic N) is 2. The summed E-state index contributed by atoms with van der Waals surface area (Å²) in [4.78, 5) is 3.96. The van der Waals surface area contributed by atoms with Crippen LogP contribution in [0.3, 0.4) is 0 Å². The first-order valence-electron chi connectivity index (χ1n) is 7.31. The molecule has 120 valence electrons. The van der Waals surface area contributed by atoms with Gasteiger partial charge in [0, 0.05) is 23.8 Å². The molecule has 0 saturated carbocycles. The second kappa shape index (κ2) is 6.27. The Balaban J connectivity index is 1.98. The number of hydrogen-bond acceptors (Lipinski definition) is 2. The first kappa shape index (κ1) is 16.5. The van der Waals surface area contributed by atoms with E-state index in [1.165, 1.54) is 11.1 Å². The van der Waals surface area contributed by atoms with E-state index in [1.807, 2.05) is 70.7 Å². The molecule has 0 unspecified atom stereocenters. The Hall–Kier alpha value is -1.35.